The third kappa shape index (κ3) is 7.94. The van der Waals surface area contributed by atoms with Gasteiger partial charge >= 0.3 is 0 Å². The minimum Gasteiger partial charge on any atom is -0.328 e. The molecule has 0 aliphatic rings. The van der Waals surface area contributed by atoms with Gasteiger partial charge in [-0.2, -0.15) is 0 Å². The van der Waals surface area contributed by atoms with Gasteiger partial charge in [-0.1, -0.05) is 24.8 Å². The van der Waals surface area contributed by atoms with Crippen LogP contribution in [0.3, 0.4) is 0 Å². The van der Waals surface area contributed by atoms with Crippen LogP contribution >= 0.6 is 0 Å². The van der Waals surface area contributed by atoms with Crippen molar-refractivity contribution in [2.45, 2.75) is 45.1 Å². The summed E-state index contributed by atoms with van der Waals surface area (Å²) < 4.78 is 0. The molecule has 0 aromatic heterocycles. The van der Waals surface area contributed by atoms with Gasteiger partial charge in [0.25, 0.3) is 0 Å². The fourth-order valence-electron chi connectivity index (χ4n) is 0.986. The topological polar surface area (TPSA) is 64.7 Å². The molecular weight excluding hydrogens is 158 g/mol. The first kappa shape index (κ1) is 11.8. The average molecular weight is 177 g/mol. The molecule has 0 spiro atoms. The smallest absolute Gasteiger partial charge is 0.0853 e. The van der Waals surface area contributed by atoms with E-state index in [4.69, 9.17) is 11.0 Å². The van der Waals surface area contributed by atoms with Crippen LogP contribution in [0.2, 0.25) is 0 Å². The fourth-order valence-corrected chi connectivity index (χ4v) is 0.986. The highest BCUT2D eigenvalue weighted by atomic mass is 17.5. The second-order valence-electron chi connectivity index (χ2n) is 2.91. The molecule has 0 saturated heterocycles. The Morgan fingerprint density at radius 3 is 2.67 bits per heavy atom. The van der Waals surface area contributed by atoms with Crippen molar-refractivity contribution < 1.29 is 15.2 Å². The number of rotatable bonds is 8. The zero-order valence-electron chi connectivity index (χ0n) is 7.66. The first-order chi connectivity index (χ1) is 5.81. The summed E-state index contributed by atoms with van der Waals surface area (Å²) in [6.45, 7) is 2.53. The van der Waals surface area contributed by atoms with Gasteiger partial charge < -0.3 is 5.73 Å². The molecule has 74 valence electrons. The van der Waals surface area contributed by atoms with E-state index in [1.807, 2.05) is 0 Å². The number of hydrogen-bond acceptors (Lipinski definition) is 4. The van der Waals surface area contributed by atoms with Gasteiger partial charge in [-0.3, -0.25) is 0 Å². The molecular formula is C8H19NO3. The van der Waals surface area contributed by atoms with Crippen molar-refractivity contribution in [3.05, 3.63) is 0 Å². The zero-order valence-corrected chi connectivity index (χ0v) is 7.66. The molecule has 0 aliphatic carbocycles. The summed E-state index contributed by atoms with van der Waals surface area (Å²) in [6.07, 6.45) is 5.19. The van der Waals surface area contributed by atoms with Crippen molar-refractivity contribution in [3.8, 4) is 0 Å². The Morgan fingerprint density at radius 1 is 1.33 bits per heavy atom. The third-order valence-corrected chi connectivity index (χ3v) is 1.88. The van der Waals surface area contributed by atoms with Crippen LogP contribution in [0.5, 0.6) is 0 Å². The van der Waals surface area contributed by atoms with Crippen molar-refractivity contribution in [2.75, 3.05) is 6.61 Å². The van der Waals surface area contributed by atoms with E-state index in [1.54, 1.807) is 0 Å². The lowest BCUT2D eigenvalue weighted by Crippen LogP contribution is -2.17. The van der Waals surface area contributed by atoms with Gasteiger partial charge in [-0.05, 0) is 19.3 Å². The molecule has 4 nitrogen and oxygen atoms in total. The first-order valence-corrected chi connectivity index (χ1v) is 4.49. The Balaban J connectivity index is 2.90. The second-order valence-corrected chi connectivity index (χ2v) is 2.91. The second kappa shape index (κ2) is 8.93. The summed E-state index contributed by atoms with van der Waals surface area (Å²) in [6, 6.07) is 0.333. The monoisotopic (exact) mass is 177 g/mol. The van der Waals surface area contributed by atoms with E-state index in [0.717, 1.165) is 32.1 Å². The number of hydrogen-bond donors (Lipinski definition) is 2. The molecule has 0 heterocycles. The molecule has 0 aliphatic heterocycles. The molecule has 1 atom stereocenters. The summed E-state index contributed by atoms with van der Waals surface area (Å²) in [5, 5.41) is 11.3. The SMILES string of the molecule is CCC(N)CCCCCOOO. The summed E-state index contributed by atoms with van der Waals surface area (Å²) in [7, 11) is 0. The number of unbranched alkanes of at least 4 members (excludes halogenated alkanes) is 2. The average Bonchev–Trinajstić information content (AvgIpc) is 2.10. The fraction of sp³-hybridized carbons (Fsp3) is 1.00. The van der Waals surface area contributed by atoms with Gasteiger partial charge in [-0.25, -0.2) is 10.1 Å². The van der Waals surface area contributed by atoms with Crippen molar-refractivity contribution in [3.63, 3.8) is 0 Å². The minimum atomic E-state index is 0.333. The normalized spacial score (nSPS) is 13.2. The van der Waals surface area contributed by atoms with Gasteiger partial charge in [0.2, 0.25) is 0 Å². The van der Waals surface area contributed by atoms with Gasteiger partial charge in [0.1, 0.15) is 0 Å². The predicted molar refractivity (Wildman–Crippen MR) is 46.4 cm³/mol. The van der Waals surface area contributed by atoms with Crippen LogP contribution < -0.4 is 5.73 Å². The van der Waals surface area contributed by atoms with Gasteiger partial charge in [-0.15, -0.1) is 0 Å². The van der Waals surface area contributed by atoms with Crippen LogP contribution in [0, 0.1) is 0 Å². The predicted octanol–water partition coefficient (Wildman–Crippen LogP) is 1.71. The maximum absolute atomic E-state index is 7.81. The molecule has 4 heteroatoms. The number of nitrogens with two attached hydrogens (primary N) is 1. The van der Waals surface area contributed by atoms with Crippen LogP contribution in [0.4, 0.5) is 0 Å². The van der Waals surface area contributed by atoms with E-state index in [2.05, 4.69) is 16.8 Å². The Hall–Kier alpha value is -0.160. The van der Waals surface area contributed by atoms with Crippen LogP contribution in [0.1, 0.15) is 39.0 Å². The van der Waals surface area contributed by atoms with E-state index in [-0.39, 0.29) is 0 Å². The maximum atomic E-state index is 7.81. The minimum absolute atomic E-state index is 0.333. The van der Waals surface area contributed by atoms with Crippen molar-refractivity contribution >= 4 is 0 Å². The third-order valence-electron chi connectivity index (χ3n) is 1.88. The molecule has 0 saturated carbocycles. The van der Waals surface area contributed by atoms with Crippen LogP contribution in [0.25, 0.3) is 0 Å². The highest BCUT2D eigenvalue weighted by Crippen LogP contribution is 2.04. The Morgan fingerprint density at radius 2 is 2.08 bits per heavy atom. The van der Waals surface area contributed by atoms with Crippen molar-refractivity contribution in [1.29, 1.82) is 0 Å². The van der Waals surface area contributed by atoms with Crippen LogP contribution in [-0.4, -0.2) is 17.9 Å². The van der Waals surface area contributed by atoms with E-state index >= 15 is 0 Å². The van der Waals surface area contributed by atoms with Crippen LogP contribution in [-0.2, 0) is 9.93 Å². The van der Waals surface area contributed by atoms with Gasteiger partial charge in [0, 0.05) is 6.04 Å². The van der Waals surface area contributed by atoms with E-state index in [0.29, 0.717) is 12.6 Å². The van der Waals surface area contributed by atoms with Gasteiger partial charge in [0.15, 0.2) is 0 Å². The van der Waals surface area contributed by atoms with Crippen LogP contribution in [0.15, 0.2) is 0 Å². The molecule has 0 aromatic rings. The Bertz CT molecular complexity index is 90.4. The van der Waals surface area contributed by atoms with E-state index in [9.17, 15) is 0 Å². The lowest BCUT2D eigenvalue weighted by Gasteiger charge is -2.06. The molecule has 1 unspecified atom stereocenters. The first-order valence-electron chi connectivity index (χ1n) is 4.49. The van der Waals surface area contributed by atoms with E-state index < -0.39 is 0 Å². The summed E-state index contributed by atoms with van der Waals surface area (Å²) in [5.41, 5.74) is 5.72. The summed E-state index contributed by atoms with van der Waals surface area (Å²) in [4.78, 5) is 4.29. The van der Waals surface area contributed by atoms with Gasteiger partial charge in [0.05, 0.1) is 6.61 Å². The quantitative estimate of drug-likeness (QED) is 0.336. The van der Waals surface area contributed by atoms with E-state index in [1.165, 1.54) is 0 Å². The van der Waals surface area contributed by atoms with Crippen molar-refractivity contribution in [2.24, 2.45) is 5.73 Å². The molecule has 0 bridgehead atoms. The molecule has 12 heavy (non-hydrogen) atoms. The largest absolute Gasteiger partial charge is 0.328 e. The molecule has 0 amide bonds. The standard InChI is InChI=1S/C8H19NO3/c1-2-8(9)6-4-3-5-7-11-12-10/h8,10H,2-7,9H2,1H3. The highest BCUT2D eigenvalue weighted by molar-refractivity contribution is 4.57. The molecule has 0 radical (unpaired) electrons. The Labute approximate surface area is 73.5 Å². The zero-order chi connectivity index (χ0) is 9.23. The maximum Gasteiger partial charge on any atom is 0.0853 e. The lowest BCUT2D eigenvalue weighted by molar-refractivity contribution is -0.490. The molecule has 3 N–H and O–H groups in total. The van der Waals surface area contributed by atoms with Crippen molar-refractivity contribution in [1.82, 2.24) is 0 Å². The summed E-state index contributed by atoms with van der Waals surface area (Å²) >= 11 is 0. The molecule has 0 rings (SSSR count). The highest BCUT2D eigenvalue weighted by Gasteiger charge is 1.97. The lowest BCUT2D eigenvalue weighted by atomic mass is 10.1. The Kier molecular flexibility index (Phi) is 8.81. The molecule has 0 fully saturated rings. The molecule has 0 aromatic carbocycles. The summed E-state index contributed by atoms with van der Waals surface area (Å²) in [5.74, 6) is 0.